The van der Waals surface area contributed by atoms with Gasteiger partial charge < -0.3 is 0 Å². The summed E-state index contributed by atoms with van der Waals surface area (Å²) in [6.45, 7) is 0. The van der Waals surface area contributed by atoms with E-state index in [0.29, 0.717) is 5.56 Å². The Balaban J connectivity index is 2.26. The number of fused-ring (bicyclic) bond motifs is 1. The van der Waals surface area contributed by atoms with Crippen LogP contribution in [-0.4, -0.2) is 15.0 Å². The van der Waals surface area contributed by atoms with E-state index in [4.69, 9.17) is 11.6 Å². The molecule has 90 valence electrons. The summed E-state index contributed by atoms with van der Waals surface area (Å²) in [5, 5.41) is 8.16. The average Bonchev–Trinajstić information content (AvgIpc) is 2.82. The van der Waals surface area contributed by atoms with Gasteiger partial charge in [0.1, 0.15) is 11.3 Å². The van der Waals surface area contributed by atoms with Gasteiger partial charge in [-0.2, -0.15) is 0 Å². The molecule has 0 atom stereocenters. The van der Waals surface area contributed by atoms with E-state index in [1.165, 1.54) is 12.1 Å². The Labute approximate surface area is 108 Å². The maximum atomic E-state index is 13.2. The Hall–Kier alpha value is -1.94. The van der Waals surface area contributed by atoms with Crippen LogP contribution in [0.15, 0.2) is 42.5 Å². The minimum Gasteiger partial charge on any atom is -0.213 e. The number of alkyl halides is 1. The third-order valence-electron chi connectivity index (χ3n) is 2.77. The lowest BCUT2D eigenvalue weighted by atomic mass is 10.2. The largest absolute Gasteiger partial charge is 0.213 e. The molecule has 18 heavy (non-hydrogen) atoms. The lowest BCUT2D eigenvalue weighted by molar-refractivity contribution is 0.625. The molecule has 0 radical (unpaired) electrons. The van der Waals surface area contributed by atoms with E-state index in [0.717, 1.165) is 16.7 Å². The summed E-state index contributed by atoms with van der Waals surface area (Å²) in [6, 6.07) is 12.1. The summed E-state index contributed by atoms with van der Waals surface area (Å²) < 4.78 is 14.9. The highest BCUT2D eigenvalue weighted by Gasteiger charge is 2.10. The Morgan fingerprint density at radius 1 is 1.17 bits per heavy atom. The molecule has 0 amide bonds. The first kappa shape index (κ1) is 11.2. The highest BCUT2D eigenvalue weighted by Crippen LogP contribution is 2.21. The molecule has 0 fully saturated rings. The van der Waals surface area contributed by atoms with Gasteiger partial charge >= 0.3 is 0 Å². The molecule has 2 aromatic carbocycles. The van der Waals surface area contributed by atoms with E-state index >= 15 is 0 Å². The van der Waals surface area contributed by atoms with Gasteiger partial charge in [-0.15, -0.1) is 16.7 Å². The molecule has 0 unspecified atom stereocenters. The lowest BCUT2D eigenvalue weighted by Gasteiger charge is -2.07. The van der Waals surface area contributed by atoms with E-state index in [2.05, 4.69) is 10.3 Å². The summed E-state index contributed by atoms with van der Waals surface area (Å²) in [4.78, 5) is 0. The van der Waals surface area contributed by atoms with Crippen LogP contribution in [0.4, 0.5) is 4.39 Å². The van der Waals surface area contributed by atoms with Gasteiger partial charge in [0, 0.05) is 5.88 Å². The molecule has 3 nitrogen and oxygen atoms in total. The number of halogens is 2. The number of rotatable bonds is 2. The third-order valence-corrected chi connectivity index (χ3v) is 3.05. The molecule has 0 aliphatic rings. The van der Waals surface area contributed by atoms with Crippen molar-refractivity contribution in [1.82, 2.24) is 15.0 Å². The van der Waals surface area contributed by atoms with Crippen molar-refractivity contribution >= 4 is 22.6 Å². The smallest absolute Gasteiger partial charge is 0.123 e. The van der Waals surface area contributed by atoms with Crippen molar-refractivity contribution in [1.29, 1.82) is 0 Å². The van der Waals surface area contributed by atoms with Crippen LogP contribution in [0.5, 0.6) is 0 Å². The maximum Gasteiger partial charge on any atom is 0.123 e. The van der Waals surface area contributed by atoms with E-state index in [-0.39, 0.29) is 11.7 Å². The van der Waals surface area contributed by atoms with Crippen molar-refractivity contribution in [2.45, 2.75) is 5.88 Å². The molecule has 3 aromatic rings. The normalized spacial score (nSPS) is 11.0. The Kier molecular flexibility index (Phi) is 2.72. The molecule has 0 N–H and O–H groups in total. The van der Waals surface area contributed by atoms with Crippen LogP contribution in [0.1, 0.15) is 5.56 Å². The number of aromatic nitrogens is 3. The molecule has 5 heteroatoms. The SMILES string of the molecule is Fc1ccc(-n2nnc3ccccc32)c(CCl)c1. The topological polar surface area (TPSA) is 30.7 Å². The van der Waals surface area contributed by atoms with Gasteiger partial charge in [0.2, 0.25) is 0 Å². The van der Waals surface area contributed by atoms with Crippen LogP contribution in [-0.2, 0) is 5.88 Å². The number of hydrogen-bond donors (Lipinski definition) is 0. The first-order valence-corrected chi connectivity index (χ1v) is 5.98. The fraction of sp³-hybridized carbons (Fsp3) is 0.0769. The summed E-state index contributed by atoms with van der Waals surface area (Å²) in [7, 11) is 0. The lowest BCUT2D eigenvalue weighted by Crippen LogP contribution is -2.01. The fourth-order valence-corrected chi connectivity index (χ4v) is 2.13. The molecule has 0 saturated carbocycles. The zero-order valence-electron chi connectivity index (χ0n) is 9.35. The predicted octanol–water partition coefficient (Wildman–Crippen LogP) is 3.30. The molecule has 1 heterocycles. The average molecular weight is 262 g/mol. The predicted molar refractivity (Wildman–Crippen MR) is 68.4 cm³/mol. The van der Waals surface area contributed by atoms with Gasteiger partial charge in [0.15, 0.2) is 0 Å². The zero-order chi connectivity index (χ0) is 12.5. The summed E-state index contributed by atoms with van der Waals surface area (Å²) in [6.07, 6.45) is 0. The van der Waals surface area contributed by atoms with Crippen molar-refractivity contribution < 1.29 is 4.39 Å². The van der Waals surface area contributed by atoms with Gasteiger partial charge in [-0.05, 0) is 35.9 Å². The maximum absolute atomic E-state index is 13.2. The summed E-state index contributed by atoms with van der Waals surface area (Å²) >= 11 is 5.84. The third kappa shape index (κ3) is 1.75. The summed E-state index contributed by atoms with van der Waals surface area (Å²) in [5.41, 5.74) is 3.10. The van der Waals surface area contributed by atoms with E-state index in [1.54, 1.807) is 10.7 Å². The minimum absolute atomic E-state index is 0.223. The first-order valence-electron chi connectivity index (χ1n) is 5.45. The van der Waals surface area contributed by atoms with Crippen LogP contribution < -0.4 is 0 Å². The Morgan fingerprint density at radius 2 is 2.00 bits per heavy atom. The molecular formula is C13H9ClFN3. The van der Waals surface area contributed by atoms with E-state index in [1.807, 2.05) is 24.3 Å². The first-order chi connectivity index (χ1) is 8.79. The fourth-order valence-electron chi connectivity index (χ4n) is 1.91. The highest BCUT2D eigenvalue weighted by atomic mass is 35.5. The number of nitrogens with zero attached hydrogens (tertiary/aromatic N) is 3. The molecule has 1 aromatic heterocycles. The van der Waals surface area contributed by atoms with Crippen molar-refractivity contribution in [3.8, 4) is 5.69 Å². The van der Waals surface area contributed by atoms with Crippen LogP contribution in [0.25, 0.3) is 16.7 Å². The quantitative estimate of drug-likeness (QED) is 0.663. The van der Waals surface area contributed by atoms with Gasteiger partial charge in [-0.25, -0.2) is 9.07 Å². The number of para-hydroxylation sites is 1. The minimum atomic E-state index is -0.307. The van der Waals surface area contributed by atoms with Gasteiger partial charge in [0.05, 0.1) is 11.2 Å². The molecule has 0 aliphatic carbocycles. The second-order valence-corrected chi connectivity index (χ2v) is 4.16. The number of hydrogen-bond acceptors (Lipinski definition) is 2. The Bertz CT molecular complexity index is 708. The molecule has 0 aliphatic heterocycles. The second kappa shape index (κ2) is 4.38. The Morgan fingerprint density at radius 3 is 2.83 bits per heavy atom. The van der Waals surface area contributed by atoms with E-state index in [9.17, 15) is 4.39 Å². The zero-order valence-corrected chi connectivity index (χ0v) is 10.1. The van der Waals surface area contributed by atoms with Crippen LogP contribution >= 0.6 is 11.6 Å². The van der Waals surface area contributed by atoms with Crippen molar-refractivity contribution in [2.75, 3.05) is 0 Å². The highest BCUT2D eigenvalue weighted by molar-refractivity contribution is 6.17. The molecule has 3 rings (SSSR count). The van der Waals surface area contributed by atoms with Crippen LogP contribution in [0.2, 0.25) is 0 Å². The van der Waals surface area contributed by atoms with Crippen molar-refractivity contribution in [3.63, 3.8) is 0 Å². The van der Waals surface area contributed by atoms with Gasteiger partial charge in [-0.3, -0.25) is 0 Å². The van der Waals surface area contributed by atoms with Crippen molar-refractivity contribution in [2.24, 2.45) is 0 Å². The van der Waals surface area contributed by atoms with Crippen molar-refractivity contribution in [3.05, 3.63) is 53.8 Å². The van der Waals surface area contributed by atoms with Gasteiger partial charge in [0.25, 0.3) is 0 Å². The van der Waals surface area contributed by atoms with Crippen LogP contribution in [0, 0.1) is 5.82 Å². The molecule has 0 bridgehead atoms. The van der Waals surface area contributed by atoms with Gasteiger partial charge in [-0.1, -0.05) is 17.3 Å². The summed E-state index contributed by atoms with van der Waals surface area (Å²) in [5.74, 6) is -0.0832. The molecular weight excluding hydrogens is 253 g/mol. The standard InChI is InChI=1S/C13H9ClFN3/c14-8-9-7-10(15)5-6-12(9)18-13-4-2-1-3-11(13)16-17-18/h1-7H,8H2. The van der Waals surface area contributed by atoms with Crippen LogP contribution in [0.3, 0.4) is 0 Å². The molecule has 0 saturated heterocycles. The monoisotopic (exact) mass is 261 g/mol. The second-order valence-electron chi connectivity index (χ2n) is 3.90. The number of benzene rings is 2. The van der Waals surface area contributed by atoms with E-state index < -0.39 is 0 Å². The molecule has 0 spiro atoms.